The number of hydrogen-bond acceptors (Lipinski definition) is 3. The van der Waals surface area contributed by atoms with Gasteiger partial charge in [-0.1, -0.05) is 54.6 Å². The molecule has 27 heavy (non-hydrogen) atoms. The minimum atomic E-state index is -0.598. The summed E-state index contributed by atoms with van der Waals surface area (Å²) in [6.07, 6.45) is 0. The van der Waals surface area contributed by atoms with Crippen molar-refractivity contribution >= 4 is 11.9 Å². The predicted octanol–water partition coefficient (Wildman–Crippen LogP) is 5.64. The summed E-state index contributed by atoms with van der Waals surface area (Å²) in [5, 5.41) is 10.0. The van der Waals surface area contributed by atoms with Crippen molar-refractivity contribution in [2.24, 2.45) is 5.14 Å². The second kappa shape index (κ2) is 7.78. The summed E-state index contributed by atoms with van der Waals surface area (Å²) in [6.45, 7) is -0.598. The summed E-state index contributed by atoms with van der Waals surface area (Å²) in [7, 11) is 0. The first-order chi connectivity index (χ1) is 13.3. The molecule has 0 atom stereocenters. The first-order valence-electron chi connectivity index (χ1n) is 8.56. The van der Waals surface area contributed by atoms with E-state index < -0.39 is 6.67 Å². The van der Waals surface area contributed by atoms with Crippen LogP contribution in [0.1, 0.15) is 5.69 Å². The molecule has 4 rings (SSSR count). The second-order valence-electron chi connectivity index (χ2n) is 6.12. The van der Waals surface area contributed by atoms with Crippen LogP contribution < -0.4 is 5.14 Å². The number of aromatic nitrogens is 2. The maximum absolute atomic E-state index is 13.3. The molecule has 1 heterocycles. The van der Waals surface area contributed by atoms with Gasteiger partial charge in [0.2, 0.25) is 0 Å². The number of alkyl halides is 1. The van der Waals surface area contributed by atoms with E-state index in [2.05, 4.69) is 29.4 Å². The molecule has 1 aromatic heterocycles. The number of nitrogens with zero attached hydrogens (tertiary/aromatic N) is 2. The largest absolute Gasteiger partial charge is 0.274 e. The van der Waals surface area contributed by atoms with Gasteiger partial charge in [-0.15, -0.1) is 0 Å². The van der Waals surface area contributed by atoms with Crippen LogP contribution in [0.15, 0.2) is 89.8 Å². The van der Waals surface area contributed by atoms with E-state index in [1.54, 1.807) is 10.7 Å². The van der Waals surface area contributed by atoms with Crippen LogP contribution in [0.2, 0.25) is 0 Å². The maximum Gasteiger partial charge on any atom is 0.133 e. The van der Waals surface area contributed by atoms with E-state index in [1.165, 1.54) is 11.9 Å². The van der Waals surface area contributed by atoms with Gasteiger partial charge in [-0.25, -0.2) is 9.07 Å². The fourth-order valence-corrected chi connectivity index (χ4v) is 3.32. The summed E-state index contributed by atoms with van der Waals surface area (Å²) in [6, 6.07) is 28.0. The third kappa shape index (κ3) is 3.65. The van der Waals surface area contributed by atoms with E-state index >= 15 is 0 Å². The van der Waals surface area contributed by atoms with Crippen molar-refractivity contribution < 1.29 is 4.39 Å². The van der Waals surface area contributed by atoms with E-state index in [1.807, 2.05) is 54.6 Å². The molecule has 0 saturated carbocycles. The molecule has 0 aliphatic heterocycles. The van der Waals surface area contributed by atoms with Crippen molar-refractivity contribution in [1.82, 2.24) is 9.78 Å². The third-order valence-electron chi connectivity index (χ3n) is 4.40. The topological polar surface area (TPSA) is 43.8 Å². The van der Waals surface area contributed by atoms with Gasteiger partial charge in [0.25, 0.3) is 0 Å². The number of hydrogen-bond donors (Lipinski definition) is 1. The molecule has 4 aromatic rings. The molecular formula is C22H18FN3S. The minimum absolute atomic E-state index is 0.411. The molecule has 0 aliphatic rings. The van der Waals surface area contributed by atoms with Crippen LogP contribution in [0.5, 0.6) is 0 Å². The quantitative estimate of drug-likeness (QED) is 0.459. The molecule has 0 unspecified atom stereocenters. The Morgan fingerprint density at radius 1 is 0.815 bits per heavy atom. The Morgan fingerprint density at radius 2 is 1.44 bits per heavy atom. The fraction of sp³-hybridized carbons (Fsp3) is 0.0455. The Morgan fingerprint density at radius 3 is 2.07 bits per heavy atom. The molecule has 3 nitrogen and oxygen atoms in total. The molecule has 0 aliphatic carbocycles. The fourth-order valence-electron chi connectivity index (χ4n) is 3.03. The van der Waals surface area contributed by atoms with Gasteiger partial charge >= 0.3 is 0 Å². The smallest absolute Gasteiger partial charge is 0.133 e. The van der Waals surface area contributed by atoms with Gasteiger partial charge in [-0.2, -0.15) is 5.10 Å². The van der Waals surface area contributed by atoms with Crippen LogP contribution in [-0.2, 0) is 6.67 Å². The van der Waals surface area contributed by atoms with Crippen LogP contribution in [-0.4, -0.2) is 9.78 Å². The van der Waals surface area contributed by atoms with Gasteiger partial charge in [0, 0.05) is 10.5 Å². The molecule has 2 N–H and O–H groups in total. The number of halogens is 1. The number of rotatable bonds is 5. The van der Waals surface area contributed by atoms with Gasteiger partial charge in [0.15, 0.2) is 0 Å². The molecule has 134 valence electrons. The van der Waals surface area contributed by atoms with Crippen LogP contribution in [0, 0.1) is 0 Å². The average molecular weight is 375 g/mol. The zero-order valence-corrected chi connectivity index (χ0v) is 15.4. The second-order valence-corrected chi connectivity index (χ2v) is 6.83. The summed E-state index contributed by atoms with van der Waals surface area (Å²) < 4.78 is 15.0. The standard InChI is InChI=1S/C22H18FN3S/c23-15-19-14-22(26(25-19)20-10-12-21(27-24)13-11-20)18-8-6-17(7-9-18)16-4-2-1-3-5-16/h1-14H,15,24H2. The summed E-state index contributed by atoms with van der Waals surface area (Å²) in [5.41, 5.74) is 5.43. The van der Waals surface area contributed by atoms with Crippen molar-refractivity contribution in [2.45, 2.75) is 11.6 Å². The molecule has 0 bridgehead atoms. The molecule has 0 amide bonds. The van der Waals surface area contributed by atoms with Crippen molar-refractivity contribution in [3.63, 3.8) is 0 Å². The first kappa shape index (κ1) is 17.5. The van der Waals surface area contributed by atoms with E-state index in [-0.39, 0.29) is 0 Å². The number of nitrogens with two attached hydrogens (primary N) is 1. The Bertz CT molecular complexity index is 1030. The lowest BCUT2D eigenvalue weighted by molar-refractivity contribution is 0.473. The van der Waals surface area contributed by atoms with Crippen molar-refractivity contribution in [1.29, 1.82) is 0 Å². The highest BCUT2D eigenvalue weighted by molar-refractivity contribution is 7.97. The number of benzene rings is 3. The van der Waals surface area contributed by atoms with Gasteiger partial charge in [-0.3, -0.25) is 5.14 Å². The molecule has 0 spiro atoms. The van der Waals surface area contributed by atoms with E-state index in [0.717, 1.165) is 33.0 Å². The Kier molecular flexibility index (Phi) is 5.05. The highest BCUT2D eigenvalue weighted by Crippen LogP contribution is 2.28. The zero-order chi connectivity index (χ0) is 18.6. The van der Waals surface area contributed by atoms with Gasteiger partial charge in [-0.05, 0) is 53.4 Å². The predicted molar refractivity (Wildman–Crippen MR) is 109 cm³/mol. The van der Waals surface area contributed by atoms with Crippen LogP contribution in [0.3, 0.4) is 0 Å². The van der Waals surface area contributed by atoms with Crippen LogP contribution in [0.4, 0.5) is 4.39 Å². The maximum atomic E-state index is 13.3. The summed E-state index contributed by atoms with van der Waals surface area (Å²) in [5.74, 6) is 0. The normalized spacial score (nSPS) is 10.9. The zero-order valence-electron chi connectivity index (χ0n) is 14.5. The van der Waals surface area contributed by atoms with Crippen molar-refractivity contribution in [2.75, 3.05) is 0 Å². The Labute approximate surface area is 161 Å². The Balaban J connectivity index is 1.73. The molecule has 0 radical (unpaired) electrons. The lowest BCUT2D eigenvalue weighted by Gasteiger charge is -2.09. The summed E-state index contributed by atoms with van der Waals surface area (Å²) >= 11 is 1.19. The van der Waals surface area contributed by atoms with Gasteiger partial charge in [0.1, 0.15) is 6.67 Å². The average Bonchev–Trinajstić information content (AvgIpc) is 3.19. The highest BCUT2D eigenvalue weighted by Gasteiger charge is 2.12. The lowest BCUT2D eigenvalue weighted by Crippen LogP contribution is -1.99. The SMILES string of the molecule is NSc1ccc(-n2nc(CF)cc2-c2ccc(-c3ccccc3)cc2)cc1. The molecular weight excluding hydrogens is 357 g/mol. The van der Waals surface area contributed by atoms with E-state index in [9.17, 15) is 4.39 Å². The van der Waals surface area contributed by atoms with E-state index in [0.29, 0.717) is 5.69 Å². The minimum Gasteiger partial charge on any atom is -0.274 e. The first-order valence-corrected chi connectivity index (χ1v) is 9.44. The van der Waals surface area contributed by atoms with Gasteiger partial charge in [0.05, 0.1) is 17.1 Å². The lowest BCUT2D eigenvalue weighted by atomic mass is 10.0. The van der Waals surface area contributed by atoms with Crippen molar-refractivity contribution in [3.8, 4) is 28.1 Å². The highest BCUT2D eigenvalue weighted by atomic mass is 32.2. The van der Waals surface area contributed by atoms with E-state index in [4.69, 9.17) is 5.14 Å². The third-order valence-corrected chi connectivity index (χ3v) is 4.95. The van der Waals surface area contributed by atoms with Crippen LogP contribution >= 0.6 is 11.9 Å². The van der Waals surface area contributed by atoms with Crippen LogP contribution in [0.25, 0.3) is 28.1 Å². The molecule has 0 saturated heterocycles. The Hall–Kier alpha value is -2.89. The van der Waals surface area contributed by atoms with Gasteiger partial charge < -0.3 is 0 Å². The van der Waals surface area contributed by atoms with Crippen molar-refractivity contribution in [3.05, 3.63) is 90.6 Å². The monoisotopic (exact) mass is 375 g/mol. The molecule has 0 fully saturated rings. The summed E-state index contributed by atoms with van der Waals surface area (Å²) in [4.78, 5) is 0.963. The molecule has 5 heteroatoms. The molecule has 3 aromatic carbocycles.